The summed E-state index contributed by atoms with van der Waals surface area (Å²) in [4.78, 5) is 17.6. The molecule has 168 valence electrons. The molecule has 0 amide bonds. The van der Waals surface area contributed by atoms with Crippen LogP contribution in [0.15, 0.2) is 67.8 Å². The fraction of sp³-hybridized carbons (Fsp3) is 0.200. The van der Waals surface area contributed by atoms with Crippen LogP contribution in [0.25, 0.3) is 22.0 Å². The van der Waals surface area contributed by atoms with Crippen LogP contribution < -0.4 is 5.32 Å². The van der Waals surface area contributed by atoms with Crippen molar-refractivity contribution in [3.8, 4) is 11.1 Å². The van der Waals surface area contributed by atoms with Crippen molar-refractivity contribution >= 4 is 39.8 Å². The second kappa shape index (κ2) is 9.43. The van der Waals surface area contributed by atoms with Crippen molar-refractivity contribution in [2.24, 2.45) is 0 Å². The molecule has 1 atom stereocenters. The number of hydrogen-bond acceptors (Lipinski definition) is 6. The Morgan fingerprint density at radius 1 is 1.03 bits per heavy atom. The normalized spacial score (nSPS) is 12.5. The molecule has 33 heavy (non-hydrogen) atoms. The molecule has 0 aliphatic carbocycles. The van der Waals surface area contributed by atoms with Gasteiger partial charge in [-0.15, -0.1) is 6.58 Å². The summed E-state index contributed by atoms with van der Waals surface area (Å²) in [6, 6.07) is 9.26. The van der Waals surface area contributed by atoms with Crippen LogP contribution in [-0.4, -0.2) is 25.0 Å². The lowest BCUT2D eigenvalue weighted by molar-refractivity contribution is 0.0687. The van der Waals surface area contributed by atoms with Crippen LogP contribution in [0.3, 0.4) is 0 Å². The van der Waals surface area contributed by atoms with Crippen molar-refractivity contribution in [1.82, 2.24) is 19.9 Å². The monoisotopic (exact) mass is 479 g/mol. The van der Waals surface area contributed by atoms with E-state index in [9.17, 15) is 5.11 Å². The topological polar surface area (TPSA) is 83.8 Å². The zero-order valence-electron chi connectivity index (χ0n) is 18.3. The van der Waals surface area contributed by atoms with E-state index in [0.29, 0.717) is 22.3 Å². The van der Waals surface area contributed by atoms with E-state index in [1.54, 1.807) is 44.7 Å². The van der Waals surface area contributed by atoms with Gasteiger partial charge in [0.15, 0.2) is 5.82 Å². The maximum absolute atomic E-state index is 10.1. The van der Waals surface area contributed by atoms with Crippen LogP contribution in [0.2, 0.25) is 10.0 Å². The summed E-state index contributed by atoms with van der Waals surface area (Å²) in [6.07, 6.45) is 9.15. The predicted octanol–water partition coefficient (Wildman–Crippen LogP) is 6.35. The van der Waals surface area contributed by atoms with Gasteiger partial charge in [0.25, 0.3) is 0 Å². The lowest BCUT2D eigenvalue weighted by Crippen LogP contribution is -2.19. The second-order valence-electron chi connectivity index (χ2n) is 8.19. The molecule has 6 nitrogen and oxygen atoms in total. The summed E-state index contributed by atoms with van der Waals surface area (Å²) < 4.78 is 0. The molecule has 0 radical (unpaired) electrons. The summed E-state index contributed by atoms with van der Waals surface area (Å²) in [5.74, 6) is 0.361. The van der Waals surface area contributed by atoms with Crippen molar-refractivity contribution < 1.29 is 5.11 Å². The number of pyridine rings is 2. The molecule has 0 saturated carbocycles. The molecule has 0 bridgehead atoms. The first-order valence-electron chi connectivity index (χ1n) is 10.4. The van der Waals surface area contributed by atoms with Crippen LogP contribution >= 0.6 is 23.2 Å². The summed E-state index contributed by atoms with van der Waals surface area (Å²) in [5.41, 5.74) is 2.93. The summed E-state index contributed by atoms with van der Waals surface area (Å²) in [7, 11) is 0. The minimum Gasteiger partial charge on any atom is -0.382 e. The third-order valence-electron chi connectivity index (χ3n) is 5.18. The lowest BCUT2D eigenvalue weighted by Gasteiger charge is -2.21. The number of rotatable bonds is 7. The minimum absolute atomic E-state index is 0.178. The van der Waals surface area contributed by atoms with Gasteiger partial charge in [0.05, 0.1) is 28.0 Å². The molecule has 0 saturated heterocycles. The maximum atomic E-state index is 10.1. The molecule has 8 heteroatoms. The third kappa shape index (κ3) is 5.14. The zero-order chi connectivity index (χ0) is 23.6. The molecule has 0 fully saturated rings. The van der Waals surface area contributed by atoms with Gasteiger partial charge in [-0.1, -0.05) is 35.3 Å². The van der Waals surface area contributed by atoms with Crippen molar-refractivity contribution in [2.45, 2.75) is 31.9 Å². The Morgan fingerprint density at radius 3 is 2.45 bits per heavy atom. The number of nitrogens with one attached hydrogen (secondary N) is 1. The van der Waals surface area contributed by atoms with Crippen LogP contribution in [-0.2, 0) is 5.60 Å². The molecular formula is C25H23Cl2N5O. The van der Waals surface area contributed by atoms with Crippen molar-refractivity contribution in [1.29, 1.82) is 0 Å². The standard InChI is InChI=1S/C25H23Cl2N5O/c1-4-5-21(22-11-17(26)8-9-28-22)32-23-18-10-15(6-7-20(18)29-14-19(23)27)16-12-30-24(31-13-16)25(2,3)33/h4,6-14,21,33H,1,5H2,2-3H3,(H,29,32). The van der Waals surface area contributed by atoms with Crippen molar-refractivity contribution in [2.75, 3.05) is 5.32 Å². The number of benzene rings is 1. The highest BCUT2D eigenvalue weighted by Crippen LogP contribution is 2.36. The van der Waals surface area contributed by atoms with Gasteiger partial charge < -0.3 is 10.4 Å². The van der Waals surface area contributed by atoms with E-state index in [2.05, 4.69) is 31.8 Å². The molecule has 3 aromatic heterocycles. The molecule has 4 rings (SSSR count). The number of nitrogens with zero attached hydrogens (tertiary/aromatic N) is 4. The van der Waals surface area contributed by atoms with E-state index >= 15 is 0 Å². The third-order valence-corrected chi connectivity index (χ3v) is 5.70. The molecule has 0 aliphatic rings. The molecule has 2 N–H and O–H groups in total. The van der Waals surface area contributed by atoms with Crippen LogP contribution in [0.4, 0.5) is 5.69 Å². The van der Waals surface area contributed by atoms with Crippen LogP contribution in [0.1, 0.15) is 37.8 Å². The molecule has 0 spiro atoms. The number of fused-ring (bicyclic) bond motifs is 1. The average Bonchev–Trinajstić information content (AvgIpc) is 2.79. The Hall–Kier alpha value is -3.06. The summed E-state index contributed by atoms with van der Waals surface area (Å²) in [5, 5.41) is 15.6. The highest BCUT2D eigenvalue weighted by atomic mass is 35.5. The highest BCUT2D eigenvalue weighted by Gasteiger charge is 2.20. The van der Waals surface area contributed by atoms with Crippen LogP contribution in [0, 0.1) is 0 Å². The van der Waals surface area contributed by atoms with E-state index in [1.807, 2.05) is 30.3 Å². The van der Waals surface area contributed by atoms with Gasteiger partial charge in [-0.3, -0.25) is 9.97 Å². The van der Waals surface area contributed by atoms with E-state index in [0.717, 1.165) is 33.4 Å². The predicted molar refractivity (Wildman–Crippen MR) is 133 cm³/mol. The fourth-order valence-electron chi connectivity index (χ4n) is 3.49. The minimum atomic E-state index is -1.11. The number of hydrogen-bond donors (Lipinski definition) is 2. The number of aromatic nitrogens is 4. The summed E-state index contributed by atoms with van der Waals surface area (Å²) in [6.45, 7) is 7.18. The fourth-order valence-corrected chi connectivity index (χ4v) is 3.87. The Labute approximate surface area is 202 Å². The number of aliphatic hydroxyl groups is 1. The van der Waals surface area contributed by atoms with Gasteiger partial charge in [-0.2, -0.15) is 0 Å². The molecule has 1 aromatic carbocycles. The van der Waals surface area contributed by atoms with Gasteiger partial charge in [0.1, 0.15) is 5.60 Å². The van der Waals surface area contributed by atoms with E-state index < -0.39 is 5.60 Å². The molecule has 0 aliphatic heterocycles. The van der Waals surface area contributed by atoms with Crippen molar-refractivity contribution in [3.63, 3.8) is 0 Å². The Morgan fingerprint density at radius 2 is 1.79 bits per heavy atom. The Balaban J connectivity index is 1.76. The average molecular weight is 480 g/mol. The first kappa shape index (κ1) is 23.1. The van der Waals surface area contributed by atoms with Gasteiger partial charge in [-0.25, -0.2) is 9.97 Å². The number of anilines is 1. The first-order valence-corrected chi connectivity index (χ1v) is 11.1. The van der Waals surface area contributed by atoms with Gasteiger partial charge in [0.2, 0.25) is 0 Å². The van der Waals surface area contributed by atoms with E-state index in [-0.39, 0.29) is 6.04 Å². The molecule has 1 unspecified atom stereocenters. The lowest BCUT2D eigenvalue weighted by atomic mass is 10.0. The maximum Gasteiger partial charge on any atom is 0.159 e. The SMILES string of the molecule is C=CCC(Nc1c(Cl)cnc2ccc(-c3cnc(C(C)(C)O)nc3)cc12)c1cc(Cl)ccn1. The molecule has 3 heterocycles. The van der Waals surface area contributed by atoms with E-state index in [4.69, 9.17) is 23.2 Å². The Bertz CT molecular complexity index is 1300. The van der Waals surface area contributed by atoms with Gasteiger partial charge in [0, 0.05) is 40.8 Å². The number of halogens is 2. The smallest absolute Gasteiger partial charge is 0.159 e. The molecule has 4 aromatic rings. The largest absolute Gasteiger partial charge is 0.382 e. The first-order chi connectivity index (χ1) is 15.8. The summed E-state index contributed by atoms with van der Waals surface area (Å²) >= 11 is 12.8. The van der Waals surface area contributed by atoms with Gasteiger partial charge in [-0.05, 0) is 50.1 Å². The zero-order valence-corrected chi connectivity index (χ0v) is 19.8. The van der Waals surface area contributed by atoms with Crippen LogP contribution in [0.5, 0.6) is 0 Å². The second-order valence-corrected chi connectivity index (χ2v) is 9.03. The quantitative estimate of drug-likeness (QED) is 0.300. The van der Waals surface area contributed by atoms with Gasteiger partial charge >= 0.3 is 0 Å². The molecular weight excluding hydrogens is 457 g/mol. The van der Waals surface area contributed by atoms with Crippen molar-refractivity contribution in [3.05, 3.63) is 89.3 Å². The highest BCUT2D eigenvalue weighted by molar-refractivity contribution is 6.34. The van der Waals surface area contributed by atoms with E-state index in [1.165, 1.54) is 0 Å². The Kier molecular flexibility index (Phi) is 6.61.